The van der Waals surface area contributed by atoms with E-state index in [1.54, 1.807) is 24.3 Å². The fourth-order valence-corrected chi connectivity index (χ4v) is 2.04. The van der Waals surface area contributed by atoms with E-state index >= 15 is 0 Å². The molecule has 3 rings (SSSR count). The number of benzene rings is 2. The average Bonchev–Trinajstić information content (AvgIpc) is 2.85. The number of amides is 1. The number of nitrogens with one attached hydrogen (secondary N) is 1. The minimum Gasteiger partial charge on any atom is -0.449 e. The number of para-hydroxylation sites is 1. The Kier molecular flexibility index (Phi) is 3.25. The zero-order chi connectivity index (χ0) is 15.9. The smallest absolute Gasteiger partial charge is 0.293 e. The lowest BCUT2D eigenvalue weighted by Crippen LogP contribution is -2.14. The summed E-state index contributed by atoms with van der Waals surface area (Å²) in [6, 6.07) is 8.29. The Bertz CT molecular complexity index is 890. The van der Waals surface area contributed by atoms with Gasteiger partial charge in [-0.3, -0.25) is 4.79 Å². The molecule has 1 aromatic heterocycles. The van der Waals surface area contributed by atoms with Crippen LogP contribution in [0.1, 0.15) is 10.6 Å². The largest absolute Gasteiger partial charge is 0.449 e. The van der Waals surface area contributed by atoms with Crippen molar-refractivity contribution in [2.45, 2.75) is 0 Å². The quantitative estimate of drug-likeness (QED) is 0.710. The molecule has 1 amide bonds. The molecule has 0 spiro atoms. The summed E-state index contributed by atoms with van der Waals surface area (Å²) in [6.45, 7) is 0. The number of carbonyl (C=O) groups is 1. The molecule has 0 bridgehead atoms. The van der Waals surface area contributed by atoms with Gasteiger partial charge < -0.3 is 15.5 Å². The van der Waals surface area contributed by atoms with Crippen molar-refractivity contribution in [1.82, 2.24) is 0 Å². The van der Waals surface area contributed by atoms with Gasteiger partial charge in [-0.05, 0) is 24.3 Å². The van der Waals surface area contributed by atoms with Gasteiger partial charge in [0.25, 0.3) is 5.91 Å². The maximum absolute atomic E-state index is 13.6. The van der Waals surface area contributed by atoms with Crippen LogP contribution in [-0.2, 0) is 0 Å². The summed E-state index contributed by atoms with van der Waals surface area (Å²) in [6.07, 6.45) is 0. The minimum absolute atomic E-state index is 0.0797. The third-order valence-corrected chi connectivity index (χ3v) is 3.12. The highest BCUT2D eigenvalue weighted by molar-refractivity contribution is 6.10. The van der Waals surface area contributed by atoms with Crippen molar-refractivity contribution in [3.63, 3.8) is 0 Å². The van der Waals surface area contributed by atoms with Gasteiger partial charge in [0.05, 0.1) is 11.4 Å². The van der Waals surface area contributed by atoms with Crippen molar-refractivity contribution in [3.8, 4) is 0 Å². The first kappa shape index (κ1) is 14.0. The second-order valence-electron chi connectivity index (χ2n) is 4.52. The van der Waals surface area contributed by atoms with E-state index in [-0.39, 0.29) is 11.4 Å². The average molecular weight is 306 g/mol. The van der Waals surface area contributed by atoms with Crippen LogP contribution in [-0.4, -0.2) is 5.91 Å². The zero-order valence-corrected chi connectivity index (χ0v) is 11.0. The molecule has 2 aromatic carbocycles. The molecule has 0 fully saturated rings. The topological polar surface area (TPSA) is 68.3 Å². The molecule has 7 heteroatoms. The first-order valence-electron chi connectivity index (χ1n) is 6.21. The number of hydrogen-bond acceptors (Lipinski definition) is 3. The van der Waals surface area contributed by atoms with Crippen molar-refractivity contribution in [3.05, 3.63) is 59.6 Å². The van der Waals surface area contributed by atoms with Gasteiger partial charge in [0.15, 0.2) is 17.5 Å². The molecule has 22 heavy (non-hydrogen) atoms. The first-order valence-corrected chi connectivity index (χ1v) is 6.21. The van der Waals surface area contributed by atoms with E-state index < -0.39 is 29.0 Å². The minimum atomic E-state index is -1.67. The molecule has 1 heterocycles. The van der Waals surface area contributed by atoms with Crippen LogP contribution in [0.15, 0.2) is 40.8 Å². The summed E-state index contributed by atoms with van der Waals surface area (Å²) < 4.78 is 44.9. The predicted octanol–water partition coefficient (Wildman–Crippen LogP) is 3.68. The maximum atomic E-state index is 13.6. The van der Waals surface area contributed by atoms with Crippen LogP contribution < -0.4 is 11.1 Å². The zero-order valence-electron chi connectivity index (χ0n) is 11.0. The van der Waals surface area contributed by atoms with Gasteiger partial charge in [-0.25, -0.2) is 13.2 Å². The Morgan fingerprint density at radius 1 is 1.05 bits per heavy atom. The van der Waals surface area contributed by atoms with E-state index in [1.165, 1.54) is 0 Å². The van der Waals surface area contributed by atoms with Crippen molar-refractivity contribution >= 4 is 28.3 Å². The van der Waals surface area contributed by atoms with Gasteiger partial charge in [-0.1, -0.05) is 12.1 Å². The van der Waals surface area contributed by atoms with Crippen LogP contribution in [0.2, 0.25) is 0 Å². The SMILES string of the molecule is Nc1c(C(=O)Nc2ccc(F)c(F)c2F)oc2ccccc12. The van der Waals surface area contributed by atoms with Gasteiger partial charge in [0, 0.05) is 5.39 Å². The van der Waals surface area contributed by atoms with Crippen molar-refractivity contribution in [2.24, 2.45) is 0 Å². The monoisotopic (exact) mass is 306 g/mol. The summed E-state index contributed by atoms with van der Waals surface area (Å²) in [4.78, 5) is 12.1. The van der Waals surface area contributed by atoms with E-state index in [1.807, 2.05) is 0 Å². The molecular formula is C15H9F3N2O2. The van der Waals surface area contributed by atoms with E-state index in [0.29, 0.717) is 17.0 Å². The molecule has 3 N–H and O–H groups in total. The Labute approximate surface area is 122 Å². The van der Waals surface area contributed by atoms with E-state index in [2.05, 4.69) is 5.32 Å². The lowest BCUT2D eigenvalue weighted by atomic mass is 10.2. The number of carbonyl (C=O) groups excluding carboxylic acids is 1. The highest BCUT2D eigenvalue weighted by atomic mass is 19.2. The highest BCUT2D eigenvalue weighted by Crippen LogP contribution is 2.29. The van der Waals surface area contributed by atoms with Crippen molar-refractivity contribution < 1.29 is 22.4 Å². The summed E-state index contributed by atoms with van der Waals surface area (Å²) in [7, 11) is 0. The summed E-state index contributed by atoms with van der Waals surface area (Å²) in [5.41, 5.74) is 5.76. The number of hydrogen-bond donors (Lipinski definition) is 2. The summed E-state index contributed by atoms with van der Waals surface area (Å²) in [5, 5.41) is 2.63. The fourth-order valence-electron chi connectivity index (χ4n) is 2.04. The first-order chi connectivity index (χ1) is 10.5. The number of halogens is 3. The molecule has 0 saturated carbocycles. The summed E-state index contributed by atoms with van der Waals surface area (Å²) >= 11 is 0. The molecule has 3 aromatic rings. The molecule has 112 valence electrons. The molecule has 0 unspecified atom stereocenters. The molecule has 0 aliphatic heterocycles. The van der Waals surface area contributed by atoms with Crippen LogP contribution in [0.3, 0.4) is 0 Å². The number of anilines is 2. The van der Waals surface area contributed by atoms with Gasteiger partial charge in [-0.15, -0.1) is 0 Å². The number of nitrogen functional groups attached to an aromatic ring is 1. The second-order valence-corrected chi connectivity index (χ2v) is 4.52. The predicted molar refractivity (Wildman–Crippen MR) is 74.9 cm³/mol. The maximum Gasteiger partial charge on any atom is 0.293 e. The lowest BCUT2D eigenvalue weighted by Gasteiger charge is -2.06. The molecule has 0 radical (unpaired) electrons. The Morgan fingerprint density at radius 3 is 2.50 bits per heavy atom. The third kappa shape index (κ3) is 2.16. The van der Waals surface area contributed by atoms with Crippen LogP contribution in [0.4, 0.5) is 24.5 Å². The normalized spacial score (nSPS) is 10.9. The highest BCUT2D eigenvalue weighted by Gasteiger charge is 2.21. The van der Waals surface area contributed by atoms with Gasteiger partial charge in [0.2, 0.25) is 5.76 Å². The fraction of sp³-hybridized carbons (Fsp3) is 0. The number of rotatable bonds is 2. The van der Waals surface area contributed by atoms with Crippen molar-refractivity contribution in [1.29, 1.82) is 0 Å². The van der Waals surface area contributed by atoms with Gasteiger partial charge in [0.1, 0.15) is 5.58 Å². The lowest BCUT2D eigenvalue weighted by molar-refractivity contribution is 0.0999. The van der Waals surface area contributed by atoms with Gasteiger partial charge in [-0.2, -0.15) is 0 Å². The Hall–Kier alpha value is -2.96. The van der Waals surface area contributed by atoms with Crippen LogP contribution >= 0.6 is 0 Å². The number of furan rings is 1. The van der Waals surface area contributed by atoms with Gasteiger partial charge >= 0.3 is 0 Å². The van der Waals surface area contributed by atoms with E-state index in [4.69, 9.17) is 10.2 Å². The molecule has 4 nitrogen and oxygen atoms in total. The van der Waals surface area contributed by atoms with E-state index in [9.17, 15) is 18.0 Å². The van der Waals surface area contributed by atoms with E-state index in [0.717, 1.165) is 6.07 Å². The molecule has 0 saturated heterocycles. The van der Waals surface area contributed by atoms with Crippen LogP contribution in [0.5, 0.6) is 0 Å². The number of nitrogens with two attached hydrogens (primary N) is 1. The molecule has 0 atom stereocenters. The van der Waals surface area contributed by atoms with Crippen LogP contribution in [0.25, 0.3) is 11.0 Å². The molecular weight excluding hydrogens is 297 g/mol. The Balaban J connectivity index is 1.97. The Morgan fingerprint density at radius 2 is 1.77 bits per heavy atom. The van der Waals surface area contributed by atoms with Crippen molar-refractivity contribution in [2.75, 3.05) is 11.1 Å². The second kappa shape index (κ2) is 5.10. The molecule has 0 aliphatic rings. The third-order valence-electron chi connectivity index (χ3n) is 3.12. The van der Waals surface area contributed by atoms with Crippen LogP contribution in [0, 0.1) is 17.5 Å². The standard InChI is InChI=1S/C15H9F3N2O2/c16-8-5-6-9(12(18)11(8)17)20-15(21)14-13(19)7-3-1-2-4-10(7)22-14/h1-6H,19H2,(H,20,21). The number of fused-ring (bicyclic) bond motifs is 1. The molecule has 0 aliphatic carbocycles. The summed E-state index contributed by atoms with van der Waals surface area (Å²) in [5.74, 6) is -5.61.